The van der Waals surface area contributed by atoms with Crippen molar-refractivity contribution in [1.29, 1.82) is 0 Å². The normalized spacial score (nSPS) is 7.50. The Labute approximate surface area is 89.0 Å². The molecule has 0 fully saturated rings. The van der Waals surface area contributed by atoms with Gasteiger partial charge in [0, 0.05) is 0 Å². The molecule has 0 bridgehead atoms. The van der Waals surface area contributed by atoms with E-state index in [1.807, 2.05) is 0 Å². The summed E-state index contributed by atoms with van der Waals surface area (Å²) in [5.74, 6) is 0. The summed E-state index contributed by atoms with van der Waals surface area (Å²) in [4.78, 5) is 8.25. The molecule has 0 aliphatic carbocycles. The van der Waals surface area contributed by atoms with Crippen LogP contribution in [0.2, 0.25) is 0 Å². The zero-order valence-electron chi connectivity index (χ0n) is 7.51. The molecule has 0 saturated carbocycles. The van der Waals surface area contributed by atoms with Gasteiger partial charge in [0.15, 0.2) is 0 Å². The molecule has 4 nitrogen and oxygen atoms in total. The second-order valence-electron chi connectivity index (χ2n) is 2.28. The van der Waals surface area contributed by atoms with Crippen LogP contribution in [-0.4, -0.2) is 5.09 Å². The van der Waals surface area contributed by atoms with Crippen LogP contribution in [0, 0.1) is 15.3 Å². The van der Waals surface area contributed by atoms with Gasteiger partial charge in [-0.25, -0.2) is 0 Å². The van der Waals surface area contributed by atoms with E-state index in [0.29, 0.717) is 0 Å². The first-order valence-electron chi connectivity index (χ1n) is 3.96. The van der Waals surface area contributed by atoms with Gasteiger partial charge in [0.1, 0.15) is 0 Å². The molecule has 0 N–H and O–H groups in total. The molecule has 0 aromatic heterocycles. The maximum absolute atomic E-state index is 8.25. The Kier molecular flexibility index (Phi) is 25.5. The summed E-state index contributed by atoms with van der Waals surface area (Å²) in [6.45, 7) is 4.49. The molecule has 5 heteroatoms. The Morgan fingerprint density at radius 2 is 1.25 bits per heavy atom. The monoisotopic (exact) mass is 269 g/mol. The average molecular weight is 270 g/mol. The van der Waals surface area contributed by atoms with Crippen LogP contribution in [0.5, 0.6) is 0 Å². The number of hydrogen-bond donors (Lipinski definition) is 0. The molecular formula is C7H16AgNO3. The number of hydrogen-bond acceptors (Lipinski definition) is 3. The second-order valence-corrected chi connectivity index (χ2v) is 2.28. The number of rotatable bonds is 4. The Morgan fingerprint density at radius 3 is 1.42 bits per heavy atom. The van der Waals surface area contributed by atoms with Crippen molar-refractivity contribution in [2.24, 2.45) is 0 Å². The molecule has 0 unspecified atom stereocenters. The van der Waals surface area contributed by atoms with Crippen LogP contribution >= 0.6 is 0 Å². The van der Waals surface area contributed by atoms with E-state index in [4.69, 9.17) is 15.3 Å². The molecule has 0 aliphatic rings. The van der Waals surface area contributed by atoms with E-state index < -0.39 is 5.09 Å². The molecule has 0 amide bonds. The average Bonchev–Trinajstić information content (AvgIpc) is 1.88. The first-order chi connectivity index (χ1) is 5.15. The summed E-state index contributed by atoms with van der Waals surface area (Å²) in [6, 6.07) is 0. The molecular weight excluding hydrogens is 254 g/mol. The van der Waals surface area contributed by atoms with Crippen LogP contribution in [0.25, 0.3) is 0 Å². The maximum Gasteiger partial charge on any atom is 1.00 e. The zero-order valence-corrected chi connectivity index (χ0v) is 8.99. The molecule has 0 aromatic rings. The summed E-state index contributed by atoms with van der Waals surface area (Å²) in [5, 5.41) is 14.8. The maximum atomic E-state index is 8.25. The Balaban J connectivity index is -0.000000142. The van der Waals surface area contributed by atoms with E-state index in [0.717, 1.165) is 0 Å². The van der Waals surface area contributed by atoms with Crippen molar-refractivity contribution in [3.63, 3.8) is 0 Å². The van der Waals surface area contributed by atoms with Gasteiger partial charge in [-0.15, -0.1) is 0 Å². The molecule has 0 heterocycles. The molecule has 0 aromatic carbocycles. The van der Waals surface area contributed by atoms with Crippen LogP contribution in [0.4, 0.5) is 0 Å². The van der Waals surface area contributed by atoms with Crippen LogP contribution in [0.1, 0.15) is 46.0 Å². The summed E-state index contributed by atoms with van der Waals surface area (Å²) >= 11 is 0. The molecule has 0 radical (unpaired) electrons. The molecule has 0 aliphatic heterocycles. The third kappa shape index (κ3) is 51.2. The minimum atomic E-state index is -1.75. The quantitative estimate of drug-likeness (QED) is 0.341. The summed E-state index contributed by atoms with van der Waals surface area (Å²) in [6.07, 6.45) is 7.01. The van der Waals surface area contributed by atoms with Crippen molar-refractivity contribution in [3.8, 4) is 0 Å². The van der Waals surface area contributed by atoms with Gasteiger partial charge in [-0.2, -0.15) is 0 Å². The van der Waals surface area contributed by atoms with E-state index in [1.54, 1.807) is 0 Å². The largest absolute Gasteiger partial charge is 1.00 e. The van der Waals surface area contributed by atoms with Crippen LogP contribution in [-0.2, 0) is 22.4 Å². The Bertz CT molecular complexity index is 82.7. The first-order valence-corrected chi connectivity index (χ1v) is 3.96. The predicted octanol–water partition coefficient (Wildman–Crippen LogP) is 2.74. The Morgan fingerprint density at radius 1 is 1.00 bits per heavy atom. The fourth-order valence-corrected chi connectivity index (χ4v) is 0.677. The van der Waals surface area contributed by atoms with E-state index in [2.05, 4.69) is 13.8 Å². The molecule has 0 spiro atoms. The van der Waals surface area contributed by atoms with E-state index in [9.17, 15) is 0 Å². The standard InChI is InChI=1S/C7H16.Ag.NO3/c1-3-5-7-6-4-2;;2-1(3)4/h3-7H2,1-2H3;;/q;+1;-1. The fourth-order valence-electron chi connectivity index (χ4n) is 0.677. The third-order valence-corrected chi connectivity index (χ3v) is 1.21. The Hall–Kier alpha value is -0.0597. The van der Waals surface area contributed by atoms with E-state index in [1.165, 1.54) is 32.1 Å². The van der Waals surface area contributed by atoms with Gasteiger partial charge in [0.25, 0.3) is 0 Å². The van der Waals surface area contributed by atoms with Crippen molar-refractivity contribution in [3.05, 3.63) is 15.3 Å². The van der Waals surface area contributed by atoms with Gasteiger partial charge >= 0.3 is 22.4 Å². The molecule has 12 heavy (non-hydrogen) atoms. The number of nitrogens with zero attached hydrogens (tertiary/aromatic N) is 1. The van der Waals surface area contributed by atoms with Gasteiger partial charge in [-0.1, -0.05) is 46.0 Å². The van der Waals surface area contributed by atoms with E-state index >= 15 is 0 Å². The molecule has 0 rings (SSSR count). The summed E-state index contributed by atoms with van der Waals surface area (Å²) in [7, 11) is 0. The number of unbranched alkanes of at least 4 members (excludes halogenated alkanes) is 4. The minimum Gasteiger partial charge on any atom is -0.356 e. The van der Waals surface area contributed by atoms with Crippen molar-refractivity contribution in [2.45, 2.75) is 46.0 Å². The molecule has 78 valence electrons. The summed E-state index contributed by atoms with van der Waals surface area (Å²) in [5.41, 5.74) is 0. The minimum absolute atomic E-state index is 0. The van der Waals surface area contributed by atoms with Crippen molar-refractivity contribution in [1.82, 2.24) is 0 Å². The van der Waals surface area contributed by atoms with Gasteiger partial charge < -0.3 is 15.3 Å². The zero-order chi connectivity index (χ0) is 9.11. The smallest absolute Gasteiger partial charge is 0.356 e. The van der Waals surface area contributed by atoms with Crippen molar-refractivity contribution >= 4 is 0 Å². The van der Waals surface area contributed by atoms with Gasteiger partial charge in [-0.3, -0.25) is 0 Å². The van der Waals surface area contributed by atoms with Gasteiger partial charge in [0.2, 0.25) is 0 Å². The van der Waals surface area contributed by atoms with Crippen LogP contribution in [0.15, 0.2) is 0 Å². The third-order valence-electron chi connectivity index (χ3n) is 1.21. The van der Waals surface area contributed by atoms with Gasteiger partial charge in [-0.05, 0) is 0 Å². The van der Waals surface area contributed by atoms with Crippen LogP contribution < -0.4 is 0 Å². The van der Waals surface area contributed by atoms with Crippen molar-refractivity contribution in [2.75, 3.05) is 0 Å². The molecule has 0 atom stereocenters. The van der Waals surface area contributed by atoms with Crippen LogP contribution in [0.3, 0.4) is 0 Å². The SMILES string of the molecule is CCCCCCC.O=[N+]([O-])[O-].[Ag+]. The van der Waals surface area contributed by atoms with E-state index in [-0.39, 0.29) is 22.4 Å². The van der Waals surface area contributed by atoms with Gasteiger partial charge in [0.05, 0.1) is 5.09 Å². The second kappa shape index (κ2) is 17.1. The predicted molar refractivity (Wildman–Crippen MR) is 44.8 cm³/mol. The topological polar surface area (TPSA) is 66.2 Å². The first kappa shape index (κ1) is 17.9. The molecule has 0 saturated heterocycles. The van der Waals surface area contributed by atoms with Crippen molar-refractivity contribution < 1.29 is 27.5 Å². The fraction of sp³-hybridized carbons (Fsp3) is 1.00. The summed E-state index contributed by atoms with van der Waals surface area (Å²) < 4.78 is 0.